The number of aromatic nitrogens is 3. The molecule has 3 heterocycles. The Hall–Kier alpha value is -2.41. The number of ether oxygens (including phenoxy) is 1. The molecule has 2 aliphatic heterocycles. The van der Waals surface area contributed by atoms with Crippen molar-refractivity contribution >= 4 is 5.91 Å². The number of likely N-dealkylation sites (tertiary alicyclic amines) is 1. The Kier molecular flexibility index (Phi) is 5.38. The predicted molar refractivity (Wildman–Crippen MR) is 102 cm³/mol. The van der Waals surface area contributed by atoms with Crippen LogP contribution in [-0.4, -0.2) is 51.8 Å². The van der Waals surface area contributed by atoms with E-state index >= 15 is 0 Å². The maximum absolute atomic E-state index is 12.8. The number of amides is 1. The van der Waals surface area contributed by atoms with Crippen LogP contribution in [0.25, 0.3) is 0 Å². The molecule has 1 aromatic heterocycles. The molecule has 1 saturated heterocycles. The molecule has 1 fully saturated rings. The molecular formula is C20H27N5O2. The van der Waals surface area contributed by atoms with Gasteiger partial charge in [-0.15, -0.1) is 10.2 Å². The van der Waals surface area contributed by atoms with Gasteiger partial charge in [-0.2, -0.15) is 0 Å². The number of carbonyl (C=O) groups excluding carboxylic acids is 1. The molecular weight excluding hydrogens is 342 g/mol. The third-order valence-corrected chi connectivity index (χ3v) is 5.43. The van der Waals surface area contributed by atoms with Gasteiger partial charge in [-0.1, -0.05) is 18.2 Å². The van der Waals surface area contributed by atoms with E-state index in [1.807, 2.05) is 36.1 Å². The fourth-order valence-electron chi connectivity index (χ4n) is 3.98. The maximum Gasteiger partial charge on any atom is 0.226 e. The van der Waals surface area contributed by atoms with Gasteiger partial charge in [0.2, 0.25) is 5.91 Å². The Balaban J connectivity index is 1.40. The SMILES string of the molecule is Cc1ccccc1OCCC(=O)N1CCC[C@@H]1c1nnc2n1CCNCC2. The lowest BCUT2D eigenvalue weighted by Gasteiger charge is -2.25. The molecule has 7 heteroatoms. The van der Waals surface area contributed by atoms with Gasteiger partial charge in [-0.25, -0.2) is 0 Å². The van der Waals surface area contributed by atoms with E-state index in [9.17, 15) is 4.79 Å². The molecule has 7 nitrogen and oxygen atoms in total. The number of fused-ring (bicyclic) bond motifs is 1. The summed E-state index contributed by atoms with van der Waals surface area (Å²) in [6.45, 7) is 5.92. The Labute approximate surface area is 159 Å². The van der Waals surface area contributed by atoms with Crippen LogP contribution >= 0.6 is 0 Å². The molecule has 0 unspecified atom stereocenters. The minimum atomic E-state index is 0.0373. The first-order chi connectivity index (χ1) is 13.2. The van der Waals surface area contributed by atoms with E-state index in [4.69, 9.17) is 4.74 Å². The zero-order valence-corrected chi connectivity index (χ0v) is 15.9. The van der Waals surface area contributed by atoms with E-state index in [1.165, 1.54) is 0 Å². The third kappa shape index (κ3) is 3.83. The quantitative estimate of drug-likeness (QED) is 0.871. The highest BCUT2D eigenvalue weighted by Gasteiger charge is 2.34. The van der Waals surface area contributed by atoms with Crippen LogP contribution in [0.1, 0.15) is 42.5 Å². The summed E-state index contributed by atoms with van der Waals surface area (Å²) in [5.74, 6) is 2.95. The lowest BCUT2D eigenvalue weighted by Crippen LogP contribution is -2.33. The standard InChI is InChI=1S/C20H27N5O2/c1-15-5-2-3-7-17(15)27-14-9-19(26)24-12-4-6-16(24)20-23-22-18-8-10-21-11-13-25(18)20/h2-3,5,7,16,21H,4,6,8-14H2,1H3/t16-/m1/s1. The van der Waals surface area contributed by atoms with Crippen LogP contribution < -0.4 is 10.1 Å². The van der Waals surface area contributed by atoms with Crippen molar-refractivity contribution in [2.24, 2.45) is 0 Å². The van der Waals surface area contributed by atoms with Crippen LogP contribution in [0.4, 0.5) is 0 Å². The maximum atomic E-state index is 12.8. The fraction of sp³-hybridized carbons (Fsp3) is 0.550. The molecule has 0 bridgehead atoms. The van der Waals surface area contributed by atoms with Crippen molar-refractivity contribution < 1.29 is 9.53 Å². The molecule has 0 radical (unpaired) electrons. The van der Waals surface area contributed by atoms with Gasteiger partial charge in [0.15, 0.2) is 5.82 Å². The summed E-state index contributed by atoms with van der Waals surface area (Å²) in [6, 6.07) is 7.93. The average molecular weight is 369 g/mol. The number of carbonyl (C=O) groups is 1. The van der Waals surface area contributed by atoms with Crippen LogP contribution in [0.3, 0.4) is 0 Å². The smallest absolute Gasteiger partial charge is 0.226 e. The number of hydrogen-bond acceptors (Lipinski definition) is 5. The van der Waals surface area contributed by atoms with Crippen LogP contribution in [0.15, 0.2) is 24.3 Å². The summed E-state index contributed by atoms with van der Waals surface area (Å²) in [7, 11) is 0. The molecule has 27 heavy (non-hydrogen) atoms. The van der Waals surface area contributed by atoms with Crippen LogP contribution in [0, 0.1) is 6.92 Å². The zero-order valence-electron chi connectivity index (χ0n) is 15.9. The zero-order chi connectivity index (χ0) is 18.6. The first kappa shape index (κ1) is 18.0. The summed E-state index contributed by atoms with van der Waals surface area (Å²) in [5.41, 5.74) is 1.09. The minimum absolute atomic E-state index is 0.0373. The van der Waals surface area contributed by atoms with Crippen LogP contribution in [-0.2, 0) is 17.8 Å². The largest absolute Gasteiger partial charge is 0.493 e. The van der Waals surface area contributed by atoms with Gasteiger partial charge in [0.1, 0.15) is 11.6 Å². The van der Waals surface area contributed by atoms with Gasteiger partial charge < -0.3 is 19.5 Å². The summed E-state index contributed by atoms with van der Waals surface area (Å²) in [4.78, 5) is 14.8. The van der Waals surface area contributed by atoms with E-state index in [0.29, 0.717) is 13.0 Å². The van der Waals surface area contributed by atoms with Crippen molar-refractivity contribution in [1.82, 2.24) is 25.0 Å². The molecule has 0 saturated carbocycles. The molecule has 0 spiro atoms. The lowest BCUT2D eigenvalue weighted by molar-refractivity contribution is -0.132. The van der Waals surface area contributed by atoms with Crippen LogP contribution in [0.5, 0.6) is 5.75 Å². The normalized spacial score (nSPS) is 19.6. The van der Waals surface area contributed by atoms with Gasteiger partial charge in [0.25, 0.3) is 0 Å². The first-order valence-electron chi connectivity index (χ1n) is 9.84. The van der Waals surface area contributed by atoms with Gasteiger partial charge in [0, 0.05) is 32.6 Å². The monoisotopic (exact) mass is 369 g/mol. The van der Waals surface area contributed by atoms with Crippen molar-refractivity contribution in [3.63, 3.8) is 0 Å². The number of rotatable bonds is 5. The number of aryl methyl sites for hydroxylation is 1. The summed E-state index contributed by atoms with van der Waals surface area (Å²) >= 11 is 0. The second-order valence-corrected chi connectivity index (χ2v) is 7.24. The lowest BCUT2D eigenvalue weighted by atomic mass is 10.2. The number of benzene rings is 1. The predicted octanol–water partition coefficient (Wildman–Crippen LogP) is 1.86. The summed E-state index contributed by atoms with van der Waals surface area (Å²) in [5, 5.41) is 12.2. The number of para-hydroxylation sites is 1. The molecule has 144 valence electrons. The molecule has 4 rings (SSSR count). The number of hydrogen-bond donors (Lipinski definition) is 1. The van der Waals surface area contributed by atoms with E-state index in [-0.39, 0.29) is 11.9 Å². The topological polar surface area (TPSA) is 72.3 Å². The van der Waals surface area contributed by atoms with E-state index in [1.54, 1.807) is 0 Å². The second kappa shape index (κ2) is 8.08. The van der Waals surface area contributed by atoms with Gasteiger partial charge in [-0.3, -0.25) is 4.79 Å². The highest BCUT2D eigenvalue weighted by molar-refractivity contribution is 5.77. The van der Waals surface area contributed by atoms with Gasteiger partial charge >= 0.3 is 0 Å². The Morgan fingerprint density at radius 3 is 3.04 bits per heavy atom. The van der Waals surface area contributed by atoms with Crippen LogP contribution in [0.2, 0.25) is 0 Å². The van der Waals surface area contributed by atoms with Crippen molar-refractivity contribution in [2.45, 2.75) is 45.2 Å². The summed E-state index contributed by atoms with van der Waals surface area (Å²) in [6.07, 6.45) is 3.23. The molecule has 1 amide bonds. The summed E-state index contributed by atoms with van der Waals surface area (Å²) < 4.78 is 8.02. The van der Waals surface area contributed by atoms with Gasteiger partial charge in [-0.05, 0) is 31.4 Å². The first-order valence-corrected chi connectivity index (χ1v) is 9.84. The molecule has 2 aromatic rings. The van der Waals surface area contributed by atoms with Crippen molar-refractivity contribution in [3.8, 4) is 5.75 Å². The number of nitrogens with zero attached hydrogens (tertiary/aromatic N) is 4. The molecule has 1 atom stereocenters. The Morgan fingerprint density at radius 1 is 1.26 bits per heavy atom. The molecule has 0 aliphatic carbocycles. The second-order valence-electron chi connectivity index (χ2n) is 7.24. The average Bonchev–Trinajstić information content (AvgIpc) is 3.24. The van der Waals surface area contributed by atoms with E-state index < -0.39 is 0 Å². The Morgan fingerprint density at radius 2 is 2.15 bits per heavy atom. The Bertz CT molecular complexity index is 803. The molecule has 1 N–H and O–H groups in total. The molecule has 1 aromatic carbocycles. The van der Waals surface area contributed by atoms with Crippen molar-refractivity contribution in [3.05, 3.63) is 41.5 Å². The molecule has 2 aliphatic rings. The highest BCUT2D eigenvalue weighted by atomic mass is 16.5. The van der Waals surface area contributed by atoms with E-state index in [0.717, 1.165) is 68.4 Å². The fourth-order valence-corrected chi connectivity index (χ4v) is 3.98. The van der Waals surface area contributed by atoms with Crippen molar-refractivity contribution in [1.29, 1.82) is 0 Å². The van der Waals surface area contributed by atoms with Crippen molar-refractivity contribution in [2.75, 3.05) is 26.2 Å². The number of nitrogens with one attached hydrogen (secondary N) is 1. The minimum Gasteiger partial charge on any atom is -0.493 e. The van der Waals surface area contributed by atoms with E-state index in [2.05, 4.69) is 20.1 Å². The van der Waals surface area contributed by atoms with Gasteiger partial charge in [0.05, 0.1) is 19.1 Å². The third-order valence-electron chi connectivity index (χ3n) is 5.43. The highest BCUT2D eigenvalue weighted by Crippen LogP contribution is 2.32.